The number of nitrogens with zero attached hydrogens (tertiary/aromatic N) is 5. The van der Waals surface area contributed by atoms with Gasteiger partial charge in [0.25, 0.3) is 16.1 Å². The quantitative estimate of drug-likeness (QED) is 0.316. The standard InChI is InChI=1S/C29H35N7O5S/c1-20(2)27(29(38)39)33-42(40,41)36-15-13-35(14-16-36)25-9-7-22(8-10-25)5-6-23-11-12-30-26(18-23)28(37)31-19-24-17-21(3)34(4)32-24/h7-12,17-18,20,27,33H,13-16,19H2,1-4H3,(H,31,37)(H,38,39)/t27-/m1/s1. The fourth-order valence-electron chi connectivity index (χ4n) is 4.41. The third-order valence-corrected chi connectivity index (χ3v) is 8.55. The maximum atomic E-state index is 12.7. The molecule has 222 valence electrons. The van der Waals surface area contributed by atoms with Gasteiger partial charge in [0.15, 0.2) is 0 Å². The summed E-state index contributed by atoms with van der Waals surface area (Å²) in [5.41, 5.74) is 4.41. The average molecular weight is 594 g/mol. The molecule has 0 radical (unpaired) electrons. The van der Waals surface area contributed by atoms with E-state index in [4.69, 9.17) is 0 Å². The van der Waals surface area contributed by atoms with Crippen molar-refractivity contribution in [2.75, 3.05) is 31.1 Å². The Kier molecular flexibility index (Phi) is 9.62. The minimum absolute atomic E-state index is 0.237. The zero-order chi connectivity index (χ0) is 30.4. The van der Waals surface area contributed by atoms with Crippen molar-refractivity contribution in [1.29, 1.82) is 0 Å². The van der Waals surface area contributed by atoms with Crippen LogP contribution in [0.3, 0.4) is 0 Å². The molecule has 1 fully saturated rings. The molecule has 1 aliphatic heterocycles. The second kappa shape index (κ2) is 13.2. The van der Waals surface area contributed by atoms with Gasteiger partial charge in [0.1, 0.15) is 11.7 Å². The summed E-state index contributed by atoms with van der Waals surface area (Å²) < 4.78 is 30.8. The molecule has 0 bridgehead atoms. The number of carbonyl (C=O) groups is 2. The van der Waals surface area contributed by atoms with E-state index in [-0.39, 0.29) is 30.6 Å². The van der Waals surface area contributed by atoms with E-state index < -0.39 is 22.2 Å². The SMILES string of the molecule is Cc1cc(CNC(=O)c2cc(C#Cc3ccc(N4CCN(S(=O)(=O)N[C@@H](C(=O)O)C(C)C)CC4)cc3)ccn2)nn1C. The molecule has 42 heavy (non-hydrogen) atoms. The number of aromatic nitrogens is 3. The number of rotatable bonds is 9. The first-order valence-electron chi connectivity index (χ1n) is 13.5. The maximum Gasteiger partial charge on any atom is 0.322 e. The summed E-state index contributed by atoms with van der Waals surface area (Å²) in [5, 5.41) is 16.5. The van der Waals surface area contributed by atoms with Crippen molar-refractivity contribution >= 4 is 27.8 Å². The van der Waals surface area contributed by atoms with E-state index in [1.165, 1.54) is 4.31 Å². The zero-order valence-electron chi connectivity index (χ0n) is 24.0. The van der Waals surface area contributed by atoms with E-state index in [2.05, 4.69) is 36.9 Å². The first-order chi connectivity index (χ1) is 19.9. The predicted octanol–water partition coefficient (Wildman–Crippen LogP) is 1.52. The number of carboxylic acids is 1. The second-order valence-corrected chi connectivity index (χ2v) is 12.1. The van der Waals surface area contributed by atoms with Gasteiger partial charge in [-0.25, -0.2) is 0 Å². The van der Waals surface area contributed by atoms with Crippen LogP contribution in [0, 0.1) is 24.7 Å². The van der Waals surface area contributed by atoms with Gasteiger partial charge < -0.3 is 15.3 Å². The third-order valence-electron chi connectivity index (χ3n) is 6.96. The van der Waals surface area contributed by atoms with Crippen LogP contribution in [0.5, 0.6) is 0 Å². The largest absolute Gasteiger partial charge is 0.480 e. The van der Waals surface area contributed by atoms with Crippen molar-refractivity contribution in [2.45, 2.75) is 33.4 Å². The van der Waals surface area contributed by atoms with Crippen molar-refractivity contribution in [3.8, 4) is 11.8 Å². The molecule has 3 aromatic rings. The molecule has 4 rings (SSSR count). The molecule has 1 amide bonds. The number of hydrogen-bond donors (Lipinski definition) is 3. The topological polar surface area (TPSA) is 150 Å². The Hall–Kier alpha value is -4.25. The lowest BCUT2D eigenvalue weighted by molar-refractivity contribution is -0.140. The Bertz CT molecular complexity index is 1580. The Labute approximate surface area is 245 Å². The summed E-state index contributed by atoms with van der Waals surface area (Å²) in [6.07, 6.45) is 1.55. The first-order valence-corrected chi connectivity index (χ1v) is 15.0. The molecule has 1 atom stereocenters. The van der Waals surface area contributed by atoms with Crippen LogP contribution in [-0.2, 0) is 28.6 Å². The highest BCUT2D eigenvalue weighted by Gasteiger charge is 2.33. The number of aliphatic carboxylic acids is 1. The molecule has 0 saturated carbocycles. The molecule has 1 aromatic carbocycles. The van der Waals surface area contributed by atoms with Crippen LogP contribution in [0.2, 0.25) is 0 Å². The third kappa shape index (κ3) is 7.73. The van der Waals surface area contributed by atoms with Crippen LogP contribution in [-0.4, -0.2) is 76.7 Å². The minimum Gasteiger partial charge on any atom is -0.480 e. The van der Waals surface area contributed by atoms with E-state index in [0.717, 1.165) is 22.6 Å². The second-order valence-electron chi connectivity index (χ2n) is 10.4. The molecular formula is C29H35N7O5S. The summed E-state index contributed by atoms with van der Waals surface area (Å²) in [6.45, 7) is 6.97. The minimum atomic E-state index is -3.92. The summed E-state index contributed by atoms with van der Waals surface area (Å²) >= 11 is 0. The number of anilines is 1. The number of hydrogen-bond acceptors (Lipinski definition) is 7. The number of piperazine rings is 1. The molecule has 12 nitrogen and oxygen atoms in total. The van der Waals surface area contributed by atoms with Crippen molar-refractivity contribution in [3.05, 3.63) is 76.9 Å². The van der Waals surface area contributed by atoms with Gasteiger partial charge in [-0.15, -0.1) is 0 Å². The Morgan fingerprint density at radius 2 is 1.69 bits per heavy atom. The van der Waals surface area contributed by atoms with Gasteiger partial charge in [-0.2, -0.15) is 22.5 Å². The van der Waals surface area contributed by atoms with Gasteiger partial charge in [-0.3, -0.25) is 19.3 Å². The maximum absolute atomic E-state index is 12.7. The Balaban J connectivity index is 1.32. The smallest absolute Gasteiger partial charge is 0.322 e. The van der Waals surface area contributed by atoms with Gasteiger partial charge in [0, 0.05) is 61.9 Å². The number of nitrogens with one attached hydrogen (secondary N) is 2. The lowest BCUT2D eigenvalue weighted by Gasteiger charge is -2.36. The lowest BCUT2D eigenvalue weighted by atomic mass is 10.1. The predicted molar refractivity (Wildman–Crippen MR) is 158 cm³/mol. The summed E-state index contributed by atoms with van der Waals surface area (Å²) in [6, 6.07) is 11.7. The molecule has 2 aromatic heterocycles. The van der Waals surface area contributed by atoms with Gasteiger partial charge in [-0.1, -0.05) is 25.7 Å². The molecule has 0 unspecified atom stereocenters. The highest BCUT2D eigenvalue weighted by molar-refractivity contribution is 7.87. The molecule has 3 N–H and O–H groups in total. The van der Waals surface area contributed by atoms with Gasteiger partial charge in [0.2, 0.25) is 0 Å². The molecule has 13 heteroatoms. The fourth-order valence-corrected chi connectivity index (χ4v) is 5.90. The van der Waals surface area contributed by atoms with Crippen LogP contribution in [0.15, 0.2) is 48.7 Å². The van der Waals surface area contributed by atoms with Gasteiger partial charge in [0.05, 0.1) is 12.2 Å². The van der Waals surface area contributed by atoms with E-state index >= 15 is 0 Å². The van der Waals surface area contributed by atoms with E-state index in [0.29, 0.717) is 25.2 Å². The van der Waals surface area contributed by atoms with Gasteiger partial charge in [-0.05, 0) is 55.3 Å². The summed E-state index contributed by atoms with van der Waals surface area (Å²) in [5.74, 6) is 4.29. The summed E-state index contributed by atoms with van der Waals surface area (Å²) in [4.78, 5) is 30.2. The molecule has 1 aliphatic rings. The molecule has 3 heterocycles. The van der Waals surface area contributed by atoms with Crippen LogP contribution in [0.1, 0.15) is 46.9 Å². The highest BCUT2D eigenvalue weighted by atomic mass is 32.2. The van der Waals surface area contributed by atoms with Gasteiger partial charge >= 0.3 is 5.97 Å². The molecule has 0 aliphatic carbocycles. The van der Waals surface area contributed by atoms with Crippen LogP contribution >= 0.6 is 0 Å². The van der Waals surface area contributed by atoms with Crippen LogP contribution in [0.4, 0.5) is 5.69 Å². The number of benzene rings is 1. The number of carboxylic acid groups (broad SMARTS) is 1. The normalized spacial score (nSPS) is 14.7. The van der Waals surface area contributed by atoms with E-state index in [1.807, 2.05) is 44.3 Å². The van der Waals surface area contributed by atoms with E-state index in [1.54, 1.807) is 36.9 Å². The first kappa shape index (κ1) is 30.7. The van der Waals surface area contributed by atoms with Crippen LogP contribution in [0.25, 0.3) is 0 Å². The number of carbonyl (C=O) groups excluding carboxylic acids is 1. The Morgan fingerprint density at radius 1 is 1.02 bits per heavy atom. The van der Waals surface area contributed by atoms with E-state index in [9.17, 15) is 23.1 Å². The number of pyridine rings is 1. The van der Waals surface area contributed by atoms with Crippen molar-refractivity contribution in [1.82, 2.24) is 29.1 Å². The molecule has 1 saturated heterocycles. The van der Waals surface area contributed by atoms with Crippen molar-refractivity contribution in [3.63, 3.8) is 0 Å². The van der Waals surface area contributed by atoms with Crippen molar-refractivity contribution in [2.24, 2.45) is 13.0 Å². The zero-order valence-corrected chi connectivity index (χ0v) is 24.9. The molecular weight excluding hydrogens is 558 g/mol. The van der Waals surface area contributed by atoms with Crippen molar-refractivity contribution < 1.29 is 23.1 Å². The summed E-state index contributed by atoms with van der Waals surface area (Å²) in [7, 11) is -2.07. The average Bonchev–Trinajstić information content (AvgIpc) is 3.30. The molecule has 0 spiro atoms. The fraction of sp³-hybridized carbons (Fsp3) is 0.379. The lowest BCUT2D eigenvalue weighted by Crippen LogP contribution is -2.55. The Morgan fingerprint density at radius 3 is 2.29 bits per heavy atom. The monoisotopic (exact) mass is 593 g/mol. The number of amides is 1. The van der Waals surface area contributed by atoms with Crippen LogP contribution < -0.4 is 14.9 Å². The highest BCUT2D eigenvalue weighted by Crippen LogP contribution is 2.19. The number of aryl methyl sites for hydroxylation is 2.